The number of carbonyl (C=O) groups is 1. The number of hydrogen-bond donors (Lipinski definition) is 1. The van der Waals surface area contributed by atoms with Crippen LogP contribution in [0.25, 0.3) is 22.2 Å². The van der Waals surface area contributed by atoms with Crippen LogP contribution < -0.4 is 4.74 Å². The summed E-state index contributed by atoms with van der Waals surface area (Å²) in [5.74, 6) is 3.47. The van der Waals surface area contributed by atoms with Gasteiger partial charge in [-0.1, -0.05) is 125 Å². The fourth-order valence-electron chi connectivity index (χ4n) is 8.89. The molecular formula is C46H58IrNO3-. The van der Waals surface area contributed by atoms with Crippen molar-refractivity contribution in [3.05, 3.63) is 107 Å². The first-order valence-electron chi connectivity index (χ1n) is 18.7. The normalized spacial score (nSPS) is 17.5. The minimum absolute atomic E-state index is 0. The third kappa shape index (κ3) is 8.06. The summed E-state index contributed by atoms with van der Waals surface area (Å²) in [7, 11) is 0. The molecule has 3 aromatic carbocycles. The van der Waals surface area contributed by atoms with Crippen molar-refractivity contribution < 1.29 is 34.7 Å². The summed E-state index contributed by atoms with van der Waals surface area (Å²) < 4.78 is 6.46. The maximum absolute atomic E-state index is 12.3. The van der Waals surface area contributed by atoms with Crippen LogP contribution in [0.15, 0.2) is 78.6 Å². The molecule has 2 unspecified atom stereocenters. The van der Waals surface area contributed by atoms with E-state index in [2.05, 4.69) is 150 Å². The standard InChI is InChI=1S/C29H26NO.C17H32O2.Ir/c1-17(2)18-12-14-23-19(16-18)13-15-24(30-23)20-9-7-10-22-26(20)29(3,4)27-21-8-5-6-11-25(21)31-28(22)27;1-10(2)16(11(3)4)14(18)9-15(19)17(12(5)6)13(7)8;/h5-8,10-17,27-28H,1-4H3;9-13,16-18H,1-8H3;/q-1;;/b;14-9-;. The molecule has 0 spiro atoms. The van der Waals surface area contributed by atoms with Crippen molar-refractivity contribution in [2.24, 2.45) is 35.5 Å². The predicted molar refractivity (Wildman–Crippen MR) is 208 cm³/mol. The molecular weight excluding hydrogens is 807 g/mol. The zero-order chi connectivity index (χ0) is 36.7. The number of para-hydroxylation sites is 1. The molecule has 2 aliphatic rings. The Morgan fingerprint density at radius 2 is 1.45 bits per heavy atom. The van der Waals surface area contributed by atoms with E-state index in [9.17, 15) is 9.90 Å². The minimum Gasteiger partial charge on any atom is -0.512 e. The van der Waals surface area contributed by atoms with Gasteiger partial charge in [-0.15, -0.1) is 29.3 Å². The molecule has 4 nitrogen and oxygen atoms in total. The van der Waals surface area contributed by atoms with Gasteiger partial charge in [-0.25, -0.2) is 0 Å². The van der Waals surface area contributed by atoms with Crippen LogP contribution in [-0.2, 0) is 30.3 Å². The fourth-order valence-corrected chi connectivity index (χ4v) is 8.89. The van der Waals surface area contributed by atoms with Crippen molar-refractivity contribution in [2.75, 3.05) is 0 Å². The fraction of sp³-hybridized carbons (Fsp3) is 0.478. The molecule has 0 bridgehead atoms. The number of nitrogens with zero attached hydrogens (tertiary/aromatic N) is 1. The minimum atomic E-state index is -0.0716. The molecule has 2 heterocycles. The molecule has 1 N–H and O–H groups in total. The van der Waals surface area contributed by atoms with Gasteiger partial charge in [-0.3, -0.25) is 9.78 Å². The van der Waals surface area contributed by atoms with Gasteiger partial charge in [-0.05, 0) is 69.8 Å². The summed E-state index contributed by atoms with van der Waals surface area (Å²) in [6.07, 6.45) is 1.54. The van der Waals surface area contributed by atoms with Gasteiger partial charge in [0.25, 0.3) is 0 Å². The molecule has 2 atom stereocenters. The Hall–Kier alpha value is -3.27. The molecule has 0 saturated heterocycles. The maximum atomic E-state index is 12.3. The number of benzene rings is 3. The number of ether oxygens (including phenoxy) is 1. The molecule has 0 amide bonds. The van der Waals surface area contributed by atoms with E-state index in [1.54, 1.807) is 0 Å². The van der Waals surface area contributed by atoms with Crippen LogP contribution in [0.4, 0.5) is 0 Å². The van der Waals surface area contributed by atoms with Gasteiger partial charge >= 0.3 is 0 Å². The van der Waals surface area contributed by atoms with Crippen molar-refractivity contribution in [2.45, 2.75) is 106 Å². The number of hydrogen-bond acceptors (Lipinski definition) is 4. The number of ketones is 1. The van der Waals surface area contributed by atoms with Gasteiger partial charge in [0, 0.05) is 49.5 Å². The first-order chi connectivity index (χ1) is 23.5. The van der Waals surface area contributed by atoms with Gasteiger partial charge in [0.1, 0.15) is 11.9 Å². The van der Waals surface area contributed by atoms with Crippen LogP contribution in [0, 0.1) is 41.6 Å². The Kier molecular flexibility index (Phi) is 12.8. The molecule has 0 fully saturated rings. The van der Waals surface area contributed by atoms with Gasteiger partial charge in [0.2, 0.25) is 0 Å². The molecule has 1 aliphatic heterocycles. The number of carbonyl (C=O) groups excluding carboxylic acids is 1. The summed E-state index contributed by atoms with van der Waals surface area (Å²) in [6.45, 7) is 25.7. The van der Waals surface area contributed by atoms with E-state index in [4.69, 9.17) is 9.72 Å². The van der Waals surface area contributed by atoms with Crippen LogP contribution in [0.5, 0.6) is 5.75 Å². The number of aliphatic hydroxyl groups is 1. The smallest absolute Gasteiger partial charge is 0.162 e. The molecule has 6 rings (SSSR count). The number of aliphatic hydroxyl groups excluding tert-OH is 1. The van der Waals surface area contributed by atoms with Crippen molar-refractivity contribution in [3.63, 3.8) is 0 Å². The van der Waals surface area contributed by atoms with Crippen LogP contribution in [0.3, 0.4) is 0 Å². The summed E-state index contributed by atoms with van der Waals surface area (Å²) in [4.78, 5) is 17.4. The van der Waals surface area contributed by atoms with E-state index >= 15 is 0 Å². The van der Waals surface area contributed by atoms with Crippen molar-refractivity contribution >= 4 is 16.7 Å². The monoisotopic (exact) mass is 865 g/mol. The van der Waals surface area contributed by atoms with Crippen LogP contribution >= 0.6 is 0 Å². The van der Waals surface area contributed by atoms with E-state index in [0.29, 0.717) is 35.5 Å². The molecule has 0 saturated carbocycles. The van der Waals surface area contributed by atoms with Crippen LogP contribution in [-0.4, -0.2) is 15.9 Å². The number of aromatic nitrogens is 1. The largest absolute Gasteiger partial charge is 0.512 e. The summed E-state index contributed by atoms with van der Waals surface area (Å²) in [5.41, 5.74) is 8.31. The summed E-state index contributed by atoms with van der Waals surface area (Å²) in [5, 5.41) is 11.5. The SMILES string of the molecule is CC(C)C(C(=O)/C=C(\O)C(C(C)C)C(C)C)C(C)C.CC(C)c1ccc2nc(-c3[c-]ccc4c3C(C)(C)C3c5ccccc5OC43)ccc2c1.[Ir]. The van der Waals surface area contributed by atoms with Crippen LogP contribution in [0.1, 0.15) is 123 Å². The predicted octanol–water partition coefficient (Wildman–Crippen LogP) is 12.2. The third-order valence-electron chi connectivity index (χ3n) is 11.0. The van der Waals surface area contributed by atoms with E-state index in [0.717, 1.165) is 22.5 Å². The molecule has 1 aliphatic carbocycles. The molecule has 275 valence electrons. The summed E-state index contributed by atoms with van der Waals surface area (Å²) >= 11 is 0. The average Bonchev–Trinajstić information content (AvgIpc) is 3.53. The second-order valence-corrected chi connectivity index (χ2v) is 16.8. The second kappa shape index (κ2) is 16.2. The average molecular weight is 865 g/mol. The molecule has 51 heavy (non-hydrogen) atoms. The quantitative estimate of drug-likeness (QED) is 0.103. The van der Waals surface area contributed by atoms with Gasteiger partial charge in [0.05, 0.1) is 11.3 Å². The Bertz CT molecular complexity index is 1850. The Morgan fingerprint density at radius 3 is 2.06 bits per heavy atom. The first kappa shape index (κ1) is 40.5. The van der Waals surface area contributed by atoms with Crippen molar-refractivity contribution in [1.82, 2.24) is 4.98 Å². The molecule has 4 aromatic rings. The molecule has 1 radical (unpaired) electrons. The van der Waals surface area contributed by atoms with E-state index in [1.807, 2.05) is 6.07 Å². The van der Waals surface area contributed by atoms with Gasteiger partial charge < -0.3 is 9.84 Å². The van der Waals surface area contributed by atoms with E-state index in [-0.39, 0.29) is 55.0 Å². The Labute approximate surface area is 320 Å². The Balaban J connectivity index is 0.000000255. The molecule has 1 aromatic heterocycles. The zero-order valence-corrected chi connectivity index (χ0v) is 35.1. The second-order valence-electron chi connectivity index (χ2n) is 16.8. The van der Waals surface area contributed by atoms with Gasteiger partial charge in [0.15, 0.2) is 5.78 Å². The first-order valence-corrected chi connectivity index (χ1v) is 18.7. The van der Waals surface area contributed by atoms with Crippen molar-refractivity contribution in [3.8, 4) is 17.0 Å². The maximum Gasteiger partial charge on any atom is 0.162 e. The van der Waals surface area contributed by atoms with E-state index < -0.39 is 0 Å². The van der Waals surface area contributed by atoms with Crippen LogP contribution in [0.2, 0.25) is 0 Å². The Morgan fingerprint density at radius 1 is 0.824 bits per heavy atom. The number of allylic oxidation sites excluding steroid dienone is 2. The third-order valence-corrected chi connectivity index (χ3v) is 11.0. The van der Waals surface area contributed by atoms with E-state index in [1.165, 1.54) is 33.7 Å². The topological polar surface area (TPSA) is 59.4 Å². The van der Waals surface area contributed by atoms with Crippen molar-refractivity contribution in [1.29, 1.82) is 0 Å². The molecule has 5 heteroatoms. The number of pyridine rings is 1. The summed E-state index contributed by atoms with van der Waals surface area (Å²) in [6, 6.07) is 27.2. The van der Waals surface area contributed by atoms with Gasteiger partial charge in [-0.2, -0.15) is 0 Å². The number of fused-ring (bicyclic) bond motifs is 6. The zero-order valence-electron chi connectivity index (χ0n) is 32.7. The number of rotatable bonds is 9.